The van der Waals surface area contributed by atoms with Crippen molar-refractivity contribution in [2.45, 2.75) is 12.7 Å². The van der Waals surface area contributed by atoms with E-state index in [1.54, 1.807) is 0 Å². The number of halogens is 1. The first kappa shape index (κ1) is 11.7. The highest BCUT2D eigenvalue weighted by Crippen LogP contribution is 2.09. The number of rotatable bonds is 5. The maximum Gasteiger partial charge on any atom is 0.107 e. The van der Waals surface area contributed by atoms with Gasteiger partial charge in [-0.2, -0.15) is 0 Å². The zero-order chi connectivity index (χ0) is 10.4. The van der Waals surface area contributed by atoms with E-state index < -0.39 is 6.10 Å². The van der Waals surface area contributed by atoms with Gasteiger partial charge in [-0.15, -0.1) is 0 Å². The summed E-state index contributed by atoms with van der Waals surface area (Å²) in [5.41, 5.74) is 1.11. The van der Waals surface area contributed by atoms with Gasteiger partial charge in [-0.25, -0.2) is 0 Å². The van der Waals surface area contributed by atoms with Crippen molar-refractivity contribution in [1.29, 1.82) is 0 Å². The van der Waals surface area contributed by atoms with Crippen molar-refractivity contribution in [2.75, 3.05) is 6.61 Å². The maximum absolute atomic E-state index is 9.37. The lowest BCUT2D eigenvalue weighted by molar-refractivity contribution is 0.0497. The second kappa shape index (κ2) is 6.16. The lowest BCUT2D eigenvalue weighted by atomic mass is 10.2. The quantitative estimate of drug-likeness (QED) is 0.847. The zero-order valence-electron chi connectivity index (χ0n) is 7.82. The second-order valence-electron chi connectivity index (χ2n) is 2.96. The predicted octanol–water partition coefficient (Wildman–Crippen LogP) is 2.51. The molecule has 2 nitrogen and oxygen atoms in total. The molecule has 0 aliphatic carbocycles. The average Bonchev–Trinajstić information content (AvgIpc) is 2.19. The number of ether oxygens (including phenoxy) is 1. The molecule has 0 radical (unpaired) electrons. The van der Waals surface area contributed by atoms with Gasteiger partial charge in [0.25, 0.3) is 0 Å². The first-order chi connectivity index (χ1) is 6.70. The van der Waals surface area contributed by atoms with Gasteiger partial charge in [-0.3, -0.25) is 0 Å². The minimum Gasteiger partial charge on any atom is -0.386 e. The summed E-state index contributed by atoms with van der Waals surface area (Å²) >= 11 is 2.00. The first-order valence-corrected chi connectivity index (χ1v) is 5.42. The molecule has 0 bridgehead atoms. The molecule has 0 saturated carbocycles. The summed E-state index contributed by atoms with van der Waals surface area (Å²) in [7, 11) is 0. The maximum atomic E-state index is 9.37. The molecule has 0 aliphatic heterocycles. The molecule has 1 atom stereocenters. The van der Waals surface area contributed by atoms with Gasteiger partial charge in [-0.05, 0) is 28.2 Å². The second-order valence-corrected chi connectivity index (χ2v) is 4.35. The molecule has 0 saturated heterocycles. The van der Waals surface area contributed by atoms with Crippen molar-refractivity contribution >= 4 is 22.6 Å². The van der Waals surface area contributed by atoms with E-state index in [4.69, 9.17) is 4.74 Å². The Kier molecular flexibility index (Phi) is 5.14. The molecule has 76 valence electrons. The molecule has 1 aromatic carbocycles. The van der Waals surface area contributed by atoms with Crippen LogP contribution in [-0.4, -0.2) is 17.8 Å². The minimum atomic E-state index is -0.570. The Morgan fingerprint density at radius 2 is 2.07 bits per heavy atom. The van der Waals surface area contributed by atoms with E-state index in [1.807, 2.05) is 52.9 Å². The highest BCUT2D eigenvalue weighted by molar-refractivity contribution is 14.1. The van der Waals surface area contributed by atoms with Crippen LogP contribution in [0.4, 0.5) is 0 Å². The van der Waals surface area contributed by atoms with Gasteiger partial charge >= 0.3 is 0 Å². The Morgan fingerprint density at radius 3 is 2.64 bits per heavy atom. The van der Waals surface area contributed by atoms with Gasteiger partial charge in [-0.1, -0.05) is 36.9 Å². The van der Waals surface area contributed by atoms with Gasteiger partial charge in [0, 0.05) is 3.58 Å². The number of hydrogen-bond donors (Lipinski definition) is 1. The van der Waals surface area contributed by atoms with E-state index >= 15 is 0 Å². The summed E-state index contributed by atoms with van der Waals surface area (Å²) in [5.74, 6) is 0. The third-order valence-electron chi connectivity index (χ3n) is 1.75. The van der Waals surface area contributed by atoms with E-state index in [1.165, 1.54) is 0 Å². The molecule has 0 aliphatic rings. The predicted molar refractivity (Wildman–Crippen MR) is 65.3 cm³/mol. The fourth-order valence-electron chi connectivity index (χ4n) is 0.953. The van der Waals surface area contributed by atoms with Crippen LogP contribution in [0.1, 0.15) is 5.56 Å². The molecule has 0 amide bonds. The van der Waals surface area contributed by atoms with Crippen LogP contribution in [0.3, 0.4) is 0 Å². The summed E-state index contributed by atoms with van der Waals surface area (Å²) in [5, 5.41) is 9.37. The molecule has 14 heavy (non-hydrogen) atoms. The number of benzene rings is 1. The van der Waals surface area contributed by atoms with Crippen molar-refractivity contribution in [2.24, 2.45) is 0 Å². The lowest BCUT2D eigenvalue weighted by Crippen LogP contribution is -2.14. The van der Waals surface area contributed by atoms with E-state index in [0.29, 0.717) is 16.8 Å². The monoisotopic (exact) mass is 304 g/mol. The summed E-state index contributed by atoms with van der Waals surface area (Å²) in [4.78, 5) is 0. The number of aliphatic hydroxyl groups excluding tert-OH is 1. The fourth-order valence-corrected chi connectivity index (χ4v) is 1.13. The standard InChI is InChI=1S/C11H13IO2/c1-9(12)11(13)8-14-7-10-5-3-2-4-6-10/h2-6,11,13H,1,7-8H2. The van der Waals surface area contributed by atoms with Gasteiger partial charge in [0.15, 0.2) is 0 Å². The lowest BCUT2D eigenvalue weighted by Gasteiger charge is -2.09. The third kappa shape index (κ3) is 4.21. The summed E-state index contributed by atoms with van der Waals surface area (Å²) < 4.78 is 6.03. The summed E-state index contributed by atoms with van der Waals surface area (Å²) in [6.07, 6.45) is -0.570. The van der Waals surface area contributed by atoms with E-state index in [-0.39, 0.29) is 0 Å². The number of hydrogen-bond acceptors (Lipinski definition) is 2. The van der Waals surface area contributed by atoms with E-state index in [9.17, 15) is 5.11 Å². The van der Waals surface area contributed by atoms with Crippen molar-refractivity contribution in [3.05, 3.63) is 46.1 Å². The van der Waals surface area contributed by atoms with Crippen LogP contribution in [0, 0.1) is 0 Å². The Morgan fingerprint density at radius 1 is 1.43 bits per heavy atom. The van der Waals surface area contributed by atoms with Crippen molar-refractivity contribution in [3.8, 4) is 0 Å². The number of aliphatic hydroxyl groups is 1. The van der Waals surface area contributed by atoms with Crippen LogP contribution in [-0.2, 0) is 11.3 Å². The molecule has 0 aromatic heterocycles. The van der Waals surface area contributed by atoms with Gasteiger partial charge in [0.2, 0.25) is 0 Å². The molecule has 1 rings (SSSR count). The van der Waals surface area contributed by atoms with Gasteiger partial charge in [0.1, 0.15) is 6.10 Å². The van der Waals surface area contributed by atoms with Crippen molar-refractivity contribution in [1.82, 2.24) is 0 Å². The average molecular weight is 304 g/mol. The van der Waals surface area contributed by atoms with Crippen LogP contribution in [0.15, 0.2) is 40.5 Å². The summed E-state index contributed by atoms with van der Waals surface area (Å²) in [6, 6.07) is 9.88. The Labute approximate surface area is 97.7 Å². The molecule has 0 heterocycles. The van der Waals surface area contributed by atoms with Crippen LogP contribution in [0.5, 0.6) is 0 Å². The van der Waals surface area contributed by atoms with Crippen molar-refractivity contribution in [3.63, 3.8) is 0 Å². The smallest absolute Gasteiger partial charge is 0.107 e. The molecule has 0 fully saturated rings. The molecular formula is C11H13IO2. The normalized spacial score (nSPS) is 12.4. The third-order valence-corrected chi connectivity index (χ3v) is 2.47. The van der Waals surface area contributed by atoms with Crippen molar-refractivity contribution < 1.29 is 9.84 Å². The Hall–Kier alpha value is -0.390. The molecule has 0 spiro atoms. The summed E-state index contributed by atoms with van der Waals surface area (Å²) in [6.45, 7) is 4.47. The molecule has 3 heteroatoms. The molecule has 1 N–H and O–H groups in total. The van der Waals surface area contributed by atoms with Crippen LogP contribution >= 0.6 is 22.6 Å². The molecular weight excluding hydrogens is 291 g/mol. The SMILES string of the molecule is C=C(I)C(O)COCc1ccccc1. The minimum absolute atomic E-state index is 0.302. The highest BCUT2D eigenvalue weighted by atomic mass is 127. The topological polar surface area (TPSA) is 29.5 Å². The Balaban J connectivity index is 2.26. The molecule has 1 unspecified atom stereocenters. The molecule has 1 aromatic rings. The van der Waals surface area contributed by atoms with E-state index in [0.717, 1.165) is 5.56 Å². The largest absolute Gasteiger partial charge is 0.386 e. The Bertz CT molecular complexity index is 285. The van der Waals surface area contributed by atoms with Crippen LogP contribution < -0.4 is 0 Å². The zero-order valence-corrected chi connectivity index (χ0v) is 9.98. The highest BCUT2D eigenvalue weighted by Gasteiger charge is 2.05. The fraction of sp³-hybridized carbons (Fsp3) is 0.273. The first-order valence-electron chi connectivity index (χ1n) is 4.34. The van der Waals surface area contributed by atoms with E-state index in [2.05, 4.69) is 6.58 Å². The van der Waals surface area contributed by atoms with Gasteiger partial charge < -0.3 is 9.84 Å². The van der Waals surface area contributed by atoms with Gasteiger partial charge in [0.05, 0.1) is 13.2 Å². The van der Waals surface area contributed by atoms with Crippen LogP contribution in [0.2, 0.25) is 0 Å². The van der Waals surface area contributed by atoms with Crippen LogP contribution in [0.25, 0.3) is 0 Å².